The molecular formula is C23H18F5N2O+. The fourth-order valence-corrected chi connectivity index (χ4v) is 3.52. The first-order valence-corrected chi connectivity index (χ1v) is 9.32. The molecule has 0 fully saturated rings. The Morgan fingerprint density at radius 2 is 1.35 bits per heavy atom. The first-order valence-electron chi connectivity index (χ1n) is 9.32. The zero-order valence-electron chi connectivity index (χ0n) is 17.2. The molecule has 0 aromatic heterocycles. The summed E-state index contributed by atoms with van der Waals surface area (Å²) in [6, 6.07) is 9.72. The minimum atomic E-state index is -2.20. The summed E-state index contributed by atoms with van der Waals surface area (Å²) in [5.74, 6) is -9.72. The second-order valence-electron chi connectivity index (χ2n) is 7.57. The van der Waals surface area contributed by atoms with E-state index >= 15 is 0 Å². The molecule has 31 heavy (non-hydrogen) atoms. The first kappa shape index (κ1) is 20.8. The minimum Gasteiger partial charge on any atom is -0.456 e. The van der Waals surface area contributed by atoms with Crippen LogP contribution >= 0.6 is 0 Å². The highest BCUT2D eigenvalue weighted by atomic mass is 19.2. The highest BCUT2D eigenvalue weighted by Crippen LogP contribution is 2.43. The van der Waals surface area contributed by atoms with E-state index < -0.39 is 34.6 Å². The van der Waals surface area contributed by atoms with Crippen molar-refractivity contribution >= 4 is 16.7 Å². The van der Waals surface area contributed by atoms with Crippen LogP contribution in [0.2, 0.25) is 0 Å². The van der Waals surface area contributed by atoms with Crippen molar-refractivity contribution in [3.63, 3.8) is 0 Å². The molecular weight excluding hydrogens is 415 g/mol. The van der Waals surface area contributed by atoms with E-state index in [4.69, 9.17) is 4.42 Å². The second kappa shape index (κ2) is 7.37. The summed E-state index contributed by atoms with van der Waals surface area (Å²) in [7, 11) is 7.21. The van der Waals surface area contributed by atoms with Gasteiger partial charge in [0.05, 0.1) is 11.6 Å². The number of nitrogens with zero attached hydrogens (tertiary/aromatic N) is 2. The Morgan fingerprint density at radius 3 is 1.94 bits per heavy atom. The average molecular weight is 433 g/mol. The summed E-state index contributed by atoms with van der Waals surface area (Å²) in [6.07, 6.45) is 0. The summed E-state index contributed by atoms with van der Waals surface area (Å²) in [5.41, 5.74) is 0.0900. The van der Waals surface area contributed by atoms with Gasteiger partial charge >= 0.3 is 0 Å². The first-order chi connectivity index (χ1) is 14.6. The third kappa shape index (κ3) is 3.22. The molecule has 8 heteroatoms. The van der Waals surface area contributed by atoms with E-state index in [1.54, 1.807) is 74.1 Å². The van der Waals surface area contributed by atoms with Crippen molar-refractivity contribution in [1.82, 2.24) is 4.58 Å². The van der Waals surface area contributed by atoms with Crippen molar-refractivity contribution in [1.29, 1.82) is 0 Å². The molecule has 2 aromatic carbocycles. The minimum absolute atomic E-state index is 0.125. The van der Waals surface area contributed by atoms with Crippen LogP contribution in [-0.2, 0) is 0 Å². The smallest absolute Gasteiger partial charge is 0.203 e. The summed E-state index contributed by atoms with van der Waals surface area (Å²) >= 11 is 0. The van der Waals surface area contributed by atoms with Gasteiger partial charge in [0.1, 0.15) is 25.4 Å². The van der Waals surface area contributed by atoms with Gasteiger partial charge < -0.3 is 9.32 Å². The van der Waals surface area contributed by atoms with E-state index in [0.717, 1.165) is 11.0 Å². The van der Waals surface area contributed by atoms with Crippen molar-refractivity contribution in [3.8, 4) is 22.5 Å². The lowest BCUT2D eigenvalue weighted by molar-refractivity contribution is 0.381. The van der Waals surface area contributed by atoms with Crippen LogP contribution in [0.1, 0.15) is 0 Å². The predicted molar refractivity (Wildman–Crippen MR) is 110 cm³/mol. The van der Waals surface area contributed by atoms with E-state index in [1.165, 1.54) is 0 Å². The van der Waals surface area contributed by atoms with Crippen LogP contribution in [0.5, 0.6) is 0 Å². The van der Waals surface area contributed by atoms with E-state index in [2.05, 4.69) is 0 Å². The number of rotatable bonds is 2. The summed E-state index contributed by atoms with van der Waals surface area (Å²) < 4.78 is 79.1. The molecule has 0 radical (unpaired) electrons. The molecule has 0 unspecified atom stereocenters. The summed E-state index contributed by atoms with van der Waals surface area (Å²) in [5, 5.41) is 0.960. The monoisotopic (exact) mass is 433 g/mol. The van der Waals surface area contributed by atoms with Gasteiger partial charge in [-0.05, 0) is 18.2 Å². The van der Waals surface area contributed by atoms with E-state index in [0.29, 0.717) is 0 Å². The zero-order chi connectivity index (χ0) is 22.6. The summed E-state index contributed by atoms with van der Waals surface area (Å²) in [6.45, 7) is 0. The maximum Gasteiger partial charge on any atom is 0.203 e. The van der Waals surface area contributed by atoms with Gasteiger partial charge in [0, 0.05) is 48.4 Å². The molecule has 0 amide bonds. The molecule has 1 aliphatic carbocycles. The van der Waals surface area contributed by atoms with Crippen molar-refractivity contribution < 1.29 is 26.4 Å². The quantitative estimate of drug-likeness (QED) is 0.146. The van der Waals surface area contributed by atoms with Gasteiger partial charge in [-0.2, -0.15) is 0 Å². The van der Waals surface area contributed by atoms with Crippen LogP contribution < -0.4 is 14.8 Å². The number of anilines is 1. The highest BCUT2D eigenvalue weighted by molar-refractivity contribution is 6.02. The molecule has 0 N–H and O–H groups in total. The number of benzene rings is 3. The Labute approximate surface area is 174 Å². The van der Waals surface area contributed by atoms with Crippen molar-refractivity contribution in [2.75, 3.05) is 33.1 Å². The molecule has 160 valence electrons. The Balaban J connectivity index is 2.25. The molecule has 4 rings (SSSR count). The standard InChI is InChI=1S/C23H18F5N2O/c1-29(2)11-5-7-13-15(9-11)31-16-10-12(30(3)4)6-8-14(16)17(13)18-19(24)21(26)23(28)22(27)20(18)25/h5-10H,1-4H3/q+1. The lowest BCUT2D eigenvalue weighted by Crippen LogP contribution is -2.21. The number of fused-ring (bicyclic) bond motifs is 2. The lowest BCUT2D eigenvalue weighted by atomic mass is 9.92. The van der Waals surface area contributed by atoms with Crippen molar-refractivity contribution in [3.05, 3.63) is 70.8 Å². The molecule has 0 spiro atoms. The van der Waals surface area contributed by atoms with Gasteiger partial charge in [-0.15, -0.1) is 0 Å². The Hall–Kier alpha value is -3.42. The number of hydrogen-bond acceptors (Lipinski definition) is 2. The molecule has 0 atom stereocenters. The maximum absolute atomic E-state index is 14.8. The van der Waals surface area contributed by atoms with Crippen LogP contribution in [0.3, 0.4) is 0 Å². The van der Waals surface area contributed by atoms with E-state index in [9.17, 15) is 22.0 Å². The Kier molecular flexibility index (Phi) is 4.95. The third-order valence-electron chi connectivity index (χ3n) is 5.18. The van der Waals surface area contributed by atoms with E-state index in [-0.39, 0.29) is 27.9 Å². The second-order valence-corrected chi connectivity index (χ2v) is 7.57. The average Bonchev–Trinajstić information content (AvgIpc) is 2.74. The Morgan fingerprint density at radius 1 is 0.742 bits per heavy atom. The highest BCUT2D eigenvalue weighted by Gasteiger charge is 2.30. The van der Waals surface area contributed by atoms with E-state index in [1.807, 2.05) is 0 Å². The number of halogens is 5. The molecule has 0 bridgehead atoms. The molecule has 1 heterocycles. The fraction of sp³-hybridized carbons (Fsp3) is 0.174. The van der Waals surface area contributed by atoms with Gasteiger partial charge in [0.2, 0.25) is 11.2 Å². The molecule has 1 aliphatic heterocycles. The van der Waals surface area contributed by atoms with Gasteiger partial charge in [-0.25, -0.2) is 26.5 Å². The SMILES string of the molecule is CN(C)c1ccc2c(-c3c(F)c(F)c(F)c(F)c3F)c3ccc(=[N+](C)C)cc-3oc2c1. The molecule has 3 nitrogen and oxygen atoms in total. The van der Waals surface area contributed by atoms with Crippen LogP contribution in [0, 0.1) is 29.1 Å². The maximum atomic E-state index is 14.8. The van der Waals surface area contributed by atoms with Crippen LogP contribution in [0.4, 0.5) is 27.6 Å². The van der Waals surface area contributed by atoms with Crippen molar-refractivity contribution in [2.45, 2.75) is 0 Å². The lowest BCUT2D eigenvalue weighted by Gasteiger charge is -2.18. The normalized spacial score (nSPS) is 11.4. The Bertz CT molecular complexity index is 1360. The van der Waals surface area contributed by atoms with Gasteiger partial charge in [0.25, 0.3) is 0 Å². The molecule has 2 aromatic rings. The molecule has 2 aliphatic rings. The van der Waals surface area contributed by atoms with Gasteiger partial charge in [-0.1, -0.05) is 0 Å². The van der Waals surface area contributed by atoms with Crippen LogP contribution in [0.15, 0.2) is 40.8 Å². The third-order valence-corrected chi connectivity index (χ3v) is 5.18. The van der Waals surface area contributed by atoms with Gasteiger partial charge in [-0.3, -0.25) is 0 Å². The molecule has 0 saturated heterocycles. The fourth-order valence-electron chi connectivity index (χ4n) is 3.52. The van der Waals surface area contributed by atoms with Crippen LogP contribution in [0.25, 0.3) is 33.4 Å². The van der Waals surface area contributed by atoms with Crippen molar-refractivity contribution in [2.24, 2.45) is 0 Å². The topological polar surface area (TPSA) is 19.4 Å². The summed E-state index contributed by atoms with van der Waals surface area (Å²) in [4.78, 5) is 1.80. The van der Waals surface area contributed by atoms with Gasteiger partial charge in [0.15, 0.2) is 23.3 Å². The number of hydrogen-bond donors (Lipinski definition) is 0. The molecule has 0 saturated carbocycles. The van der Waals surface area contributed by atoms with Crippen LogP contribution in [-0.4, -0.2) is 28.2 Å². The zero-order valence-corrected chi connectivity index (χ0v) is 17.2. The largest absolute Gasteiger partial charge is 0.456 e. The predicted octanol–water partition coefficient (Wildman–Crippen LogP) is 5.00.